The Morgan fingerprint density at radius 1 is 1.07 bits per heavy atom. The molecule has 0 aromatic carbocycles. The molecule has 4 nitrogen and oxygen atoms in total. The van der Waals surface area contributed by atoms with Crippen molar-refractivity contribution in [3.8, 4) is 0 Å². The Kier molecular flexibility index (Phi) is 4.81. The lowest BCUT2D eigenvalue weighted by Gasteiger charge is -2.27. The first-order valence-corrected chi connectivity index (χ1v) is 5.32. The number of aliphatic hydroxyl groups is 1. The number of nitrogens with zero attached hydrogens (tertiary/aromatic N) is 1. The van der Waals surface area contributed by atoms with Gasteiger partial charge in [-0.1, -0.05) is 0 Å². The minimum Gasteiger partial charge on any atom is -0.368 e. The number of hydrogen-bond donors (Lipinski definition) is 1. The molecule has 0 spiro atoms. The standard InChI is InChI=1S/C10H21NO3/c1-8(11-6-4-5-7-11)13-10(3)14-9(2)12/h8-10,12H,4-7H2,1-3H3. The van der Waals surface area contributed by atoms with Crippen LogP contribution in [0.25, 0.3) is 0 Å². The van der Waals surface area contributed by atoms with Crippen molar-refractivity contribution in [3.63, 3.8) is 0 Å². The normalized spacial score (nSPS) is 24.9. The minimum atomic E-state index is -0.768. The molecule has 0 aromatic heterocycles. The second-order valence-electron chi connectivity index (χ2n) is 3.78. The van der Waals surface area contributed by atoms with Gasteiger partial charge in [0.25, 0.3) is 0 Å². The van der Waals surface area contributed by atoms with Gasteiger partial charge in [0.05, 0.1) is 0 Å². The molecule has 0 aliphatic carbocycles. The van der Waals surface area contributed by atoms with E-state index in [1.54, 1.807) is 13.8 Å². The molecule has 0 radical (unpaired) electrons. The molecule has 3 atom stereocenters. The summed E-state index contributed by atoms with van der Waals surface area (Å²) in [5.74, 6) is 0. The Morgan fingerprint density at radius 3 is 2.14 bits per heavy atom. The monoisotopic (exact) mass is 203 g/mol. The van der Waals surface area contributed by atoms with E-state index in [1.807, 2.05) is 6.92 Å². The maximum absolute atomic E-state index is 8.99. The highest BCUT2D eigenvalue weighted by Crippen LogP contribution is 2.14. The quantitative estimate of drug-likeness (QED) is 0.680. The van der Waals surface area contributed by atoms with E-state index in [1.165, 1.54) is 12.8 Å². The summed E-state index contributed by atoms with van der Waals surface area (Å²) >= 11 is 0. The molecule has 0 aromatic rings. The van der Waals surface area contributed by atoms with Gasteiger partial charge in [-0.25, -0.2) is 0 Å². The summed E-state index contributed by atoms with van der Waals surface area (Å²) in [4.78, 5) is 2.28. The fraction of sp³-hybridized carbons (Fsp3) is 1.00. The molecule has 84 valence electrons. The maximum atomic E-state index is 8.99. The van der Waals surface area contributed by atoms with Gasteiger partial charge in [0, 0.05) is 13.1 Å². The van der Waals surface area contributed by atoms with Crippen LogP contribution in [0, 0.1) is 0 Å². The van der Waals surface area contributed by atoms with Crippen molar-refractivity contribution in [1.29, 1.82) is 0 Å². The summed E-state index contributed by atoms with van der Waals surface area (Å²) in [6.45, 7) is 7.61. The van der Waals surface area contributed by atoms with Gasteiger partial charge < -0.3 is 14.6 Å². The van der Waals surface area contributed by atoms with E-state index in [0.717, 1.165) is 13.1 Å². The summed E-state index contributed by atoms with van der Waals surface area (Å²) in [5.41, 5.74) is 0. The summed E-state index contributed by atoms with van der Waals surface area (Å²) in [7, 11) is 0. The zero-order valence-corrected chi connectivity index (χ0v) is 9.27. The third-order valence-electron chi connectivity index (χ3n) is 2.43. The van der Waals surface area contributed by atoms with E-state index in [-0.39, 0.29) is 12.5 Å². The Bertz CT molecular complexity index is 157. The molecule has 3 unspecified atom stereocenters. The van der Waals surface area contributed by atoms with Crippen LogP contribution in [0.15, 0.2) is 0 Å². The summed E-state index contributed by atoms with van der Waals surface area (Å²) in [6.07, 6.45) is 1.45. The third-order valence-corrected chi connectivity index (χ3v) is 2.43. The lowest BCUT2D eigenvalue weighted by molar-refractivity contribution is -0.245. The van der Waals surface area contributed by atoms with Crippen LogP contribution in [0.4, 0.5) is 0 Å². The van der Waals surface area contributed by atoms with E-state index in [9.17, 15) is 0 Å². The molecule has 1 aliphatic rings. The highest BCUT2D eigenvalue weighted by Gasteiger charge is 2.20. The van der Waals surface area contributed by atoms with Crippen LogP contribution in [0.3, 0.4) is 0 Å². The summed E-state index contributed by atoms with van der Waals surface area (Å²) in [5, 5.41) is 8.99. The van der Waals surface area contributed by atoms with Gasteiger partial charge in [-0.15, -0.1) is 0 Å². The summed E-state index contributed by atoms with van der Waals surface area (Å²) < 4.78 is 10.7. The van der Waals surface area contributed by atoms with Crippen molar-refractivity contribution < 1.29 is 14.6 Å². The van der Waals surface area contributed by atoms with E-state index in [2.05, 4.69) is 4.90 Å². The van der Waals surface area contributed by atoms with Crippen LogP contribution < -0.4 is 0 Å². The van der Waals surface area contributed by atoms with Crippen molar-refractivity contribution in [3.05, 3.63) is 0 Å². The number of ether oxygens (including phenoxy) is 2. The lowest BCUT2D eigenvalue weighted by atomic mass is 10.4. The molecule has 4 heteroatoms. The zero-order valence-electron chi connectivity index (χ0n) is 9.27. The number of likely N-dealkylation sites (tertiary alicyclic amines) is 1. The number of hydrogen-bond acceptors (Lipinski definition) is 4. The second kappa shape index (κ2) is 5.66. The first-order valence-electron chi connectivity index (χ1n) is 5.32. The van der Waals surface area contributed by atoms with Crippen LogP contribution in [0.2, 0.25) is 0 Å². The largest absolute Gasteiger partial charge is 0.368 e. The molecular formula is C10H21NO3. The molecule has 1 saturated heterocycles. The average molecular weight is 203 g/mol. The first-order chi connectivity index (χ1) is 6.59. The molecule has 14 heavy (non-hydrogen) atoms. The highest BCUT2D eigenvalue weighted by atomic mass is 16.7. The SMILES string of the molecule is CC(O)OC(C)OC(C)N1CCCC1. The van der Waals surface area contributed by atoms with Gasteiger partial charge in [-0.05, 0) is 33.6 Å². The molecule has 1 N–H and O–H groups in total. The van der Waals surface area contributed by atoms with Crippen molar-refractivity contribution in [2.24, 2.45) is 0 Å². The van der Waals surface area contributed by atoms with Crippen LogP contribution in [-0.4, -0.2) is 41.9 Å². The van der Waals surface area contributed by atoms with E-state index < -0.39 is 6.29 Å². The molecule has 1 fully saturated rings. The highest BCUT2D eigenvalue weighted by molar-refractivity contribution is 4.67. The molecule has 0 bridgehead atoms. The number of rotatable bonds is 5. The van der Waals surface area contributed by atoms with Gasteiger partial charge in [0.1, 0.15) is 6.23 Å². The van der Waals surface area contributed by atoms with Gasteiger partial charge in [0.2, 0.25) is 0 Å². The van der Waals surface area contributed by atoms with E-state index in [4.69, 9.17) is 14.6 Å². The molecule has 1 rings (SSSR count). The molecule has 1 heterocycles. The van der Waals surface area contributed by atoms with Crippen molar-refractivity contribution >= 4 is 0 Å². The topological polar surface area (TPSA) is 41.9 Å². The number of aliphatic hydroxyl groups excluding tert-OH is 1. The minimum absolute atomic E-state index is 0.0752. The fourth-order valence-corrected chi connectivity index (χ4v) is 1.78. The molecular weight excluding hydrogens is 182 g/mol. The van der Waals surface area contributed by atoms with Crippen LogP contribution in [-0.2, 0) is 9.47 Å². The fourth-order valence-electron chi connectivity index (χ4n) is 1.78. The van der Waals surface area contributed by atoms with E-state index in [0.29, 0.717) is 0 Å². The van der Waals surface area contributed by atoms with Gasteiger partial charge in [-0.2, -0.15) is 0 Å². The van der Waals surface area contributed by atoms with Crippen molar-refractivity contribution in [1.82, 2.24) is 4.90 Å². The lowest BCUT2D eigenvalue weighted by Crippen LogP contribution is -2.36. The van der Waals surface area contributed by atoms with Gasteiger partial charge in [-0.3, -0.25) is 4.90 Å². The third kappa shape index (κ3) is 3.92. The Labute approximate surface area is 85.8 Å². The average Bonchev–Trinajstić information content (AvgIpc) is 2.53. The van der Waals surface area contributed by atoms with Gasteiger partial charge >= 0.3 is 0 Å². The molecule has 0 amide bonds. The predicted molar refractivity (Wildman–Crippen MR) is 53.6 cm³/mol. The summed E-state index contributed by atoms with van der Waals surface area (Å²) in [6, 6.07) is 0. The Morgan fingerprint density at radius 2 is 1.64 bits per heavy atom. The van der Waals surface area contributed by atoms with Crippen molar-refractivity contribution in [2.75, 3.05) is 13.1 Å². The second-order valence-corrected chi connectivity index (χ2v) is 3.78. The maximum Gasteiger partial charge on any atom is 0.160 e. The smallest absolute Gasteiger partial charge is 0.160 e. The molecule has 0 saturated carbocycles. The Hall–Kier alpha value is -0.160. The Balaban J connectivity index is 2.21. The zero-order chi connectivity index (χ0) is 10.6. The van der Waals surface area contributed by atoms with Gasteiger partial charge in [0.15, 0.2) is 12.6 Å². The van der Waals surface area contributed by atoms with Crippen LogP contribution >= 0.6 is 0 Å². The van der Waals surface area contributed by atoms with E-state index >= 15 is 0 Å². The molecule has 1 aliphatic heterocycles. The van der Waals surface area contributed by atoms with Crippen LogP contribution in [0.1, 0.15) is 33.6 Å². The first kappa shape index (κ1) is 11.9. The van der Waals surface area contributed by atoms with Crippen molar-refractivity contribution in [2.45, 2.75) is 52.4 Å². The predicted octanol–water partition coefficient (Wildman–Crippen LogP) is 1.15. The van der Waals surface area contributed by atoms with Crippen LogP contribution in [0.5, 0.6) is 0 Å².